The molecule has 0 amide bonds. The van der Waals surface area contributed by atoms with E-state index in [0.717, 1.165) is 38.0 Å². The number of unbranched alkanes of at least 4 members (excludes halogenated alkanes) is 26. The highest BCUT2D eigenvalue weighted by Crippen LogP contribution is 2.16. The molecule has 5 heteroatoms. The molecule has 0 spiro atoms. The van der Waals surface area contributed by atoms with Crippen molar-refractivity contribution in [2.45, 2.75) is 226 Å². The number of rotatable bonds is 36. The van der Waals surface area contributed by atoms with Gasteiger partial charge in [0.25, 0.3) is 0 Å². The van der Waals surface area contributed by atoms with Crippen molar-refractivity contribution in [3.8, 4) is 0 Å². The average molecular weight is 639 g/mol. The van der Waals surface area contributed by atoms with E-state index in [4.69, 9.17) is 9.47 Å². The molecule has 0 bridgehead atoms. The normalized spacial score (nSPS) is 12.1. The largest absolute Gasteiger partial charge is 0.462 e. The molecule has 1 atom stereocenters. The third-order valence-corrected chi connectivity index (χ3v) is 9.08. The number of aliphatic hydroxyl groups is 1. The maximum Gasteiger partial charge on any atom is 0.306 e. The third-order valence-electron chi connectivity index (χ3n) is 9.08. The highest BCUT2D eigenvalue weighted by Gasteiger charge is 2.16. The predicted molar refractivity (Wildman–Crippen MR) is 192 cm³/mol. The first-order valence-corrected chi connectivity index (χ1v) is 20.0. The first-order valence-electron chi connectivity index (χ1n) is 20.0. The van der Waals surface area contributed by atoms with Crippen molar-refractivity contribution in [1.82, 2.24) is 0 Å². The maximum atomic E-state index is 12.1. The number of aliphatic hydroxyl groups excluding tert-OH is 1. The molecule has 0 heterocycles. The van der Waals surface area contributed by atoms with Gasteiger partial charge in [-0.05, 0) is 18.8 Å². The Morgan fingerprint density at radius 2 is 0.822 bits per heavy atom. The zero-order chi connectivity index (χ0) is 33.1. The van der Waals surface area contributed by atoms with Crippen LogP contribution in [0.2, 0.25) is 0 Å². The minimum absolute atomic E-state index is 0.0576. The standard InChI is InChI=1S/C40H78O5/c1-4-5-6-7-8-9-10-18-22-25-28-31-34-40(43)45-38(35-41)36-44-39(42)33-30-27-24-21-19-16-14-12-11-13-15-17-20-23-26-29-32-37(2)3/h37-38,41H,4-36H2,1-3H3/t38-/m0/s1. The van der Waals surface area contributed by atoms with Crippen molar-refractivity contribution in [3.05, 3.63) is 0 Å². The van der Waals surface area contributed by atoms with E-state index in [-0.39, 0.29) is 25.2 Å². The lowest BCUT2D eigenvalue weighted by molar-refractivity contribution is -0.161. The van der Waals surface area contributed by atoms with E-state index in [1.807, 2.05) is 0 Å². The van der Waals surface area contributed by atoms with Gasteiger partial charge in [0.2, 0.25) is 0 Å². The Bertz CT molecular complexity index is 620. The smallest absolute Gasteiger partial charge is 0.306 e. The molecule has 0 aliphatic rings. The second-order valence-corrected chi connectivity index (χ2v) is 14.2. The molecular weight excluding hydrogens is 560 g/mol. The minimum atomic E-state index is -0.761. The van der Waals surface area contributed by atoms with Crippen molar-refractivity contribution >= 4 is 11.9 Å². The van der Waals surface area contributed by atoms with Gasteiger partial charge in [0.1, 0.15) is 6.61 Å². The Hall–Kier alpha value is -1.10. The molecule has 1 N–H and O–H groups in total. The van der Waals surface area contributed by atoms with Gasteiger partial charge in [-0.2, -0.15) is 0 Å². The van der Waals surface area contributed by atoms with Crippen molar-refractivity contribution < 1.29 is 24.2 Å². The zero-order valence-electron chi connectivity index (χ0n) is 30.6. The van der Waals surface area contributed by atoms with E-state index in [1.54, 1.807) is 0 Å². The number of esters is 2. The summed E-state index contributed by atoms with van der Waals surface area (Å²) < 4.78 is 10.6. The molecule has 0 aromatic carbocycles. The van der Waals surface area contributed by atoms with Gasteiger partial charge < -0.3 is 14.6 Å². The van der Waals surface area contributed by atoms with Gasteiger partial charge in [-0.25, -0.2) is 0 Å². The van der Waals surface area contributed by atoms with Crippen LogP contribution in [0.1, 0.15) is 220 Å². The first-order chi connectivity index (χ1) is 22.0. The van der Waals surface area contributed by atoms with Gasteiger partial charge in [-0.15, -0.1) is 0 Å². The SMILES string of the molecule is CCCCCCCCCCCCCCC(=O)O[C@@H](CO)COC(=O)CCCCCCCCCCCCCCCCCCC(C)C. The molecule has 0 saturated heterocycles. The quantitative estimate of drug-likeness (QED) is 0.0546. The van der Waals surface area contributed by atoms with Gasteiger partial charge in [0.05, 0.1) is 6.61 Å². The van der Waals surface area contributed by atoms with Crippen LogP contribution < -0.4 is 0 Å². The summed E-state index contributed by atoms with van der Waals surface area (Å²) in [5.74, 6) is 0.282. The Balaban J connectivity index is 3.47. The van der Waals surface area contributed by atoms with E-state index in [1.165, 1.54) is 154 Å². The van der Waals surface area contributed by atoms with Crippen LogP contribution in [-0.2, 0) is 19.1 Å². The van der Waals surface area contributed by atoms with E-state index in [9.17, 15) is 14.7 Å². The summed E-state index contributed by atoms with van der Waals surface area (Å²) in [6, 6.07) is 0. The Kier molecular flexibility index (Phi) is 34.9. The van der Waals surface area contributed by atoms with Crippen LogP contribution in [-0.4, -0.2) is 36.4 Å². The number of ether oxygens (including phenoxy) is 2. The molecule has 0 aliphatic heterocycles. The van der Waals surface area contributed by atoms with E-state index in [0.29, 0.717) is 12.8 Å². The molecule has 0 saturated carbocycles. The monoisotopic (exact) mass is 639 g/mol. The van der Waals surface area contributed by atoms with Crippen LogP contribution in [0.15, 0.2) is 0 Å². The topological polar surface area (TPSA) is 72.8 Å². The Morgan fingerprint density at radius 1 is 0.489 bits per heavy atom. The van der Waals surface area contributed by atoms with Crippen LogP contribution in [0.4, 0.5) is 0 Å². The number of carbonyl (C=O) groups is 2. The molecule has 45 heavy (non-hydrogen) atoms. The Labute approximate surface area is 280 Å². The molecular formula is C40H78O5. The summed E-state index contributed by atoms with van der Waals surface area (Å²) in [5, 5.41) is 9.54. The van der Waals surface area contributed by atoms with E-state index in [2.05, 4.69) is 20.8 Å². The second kappa shape index (κ2) is 35.7. The lowest BCUT2D eigenvalue weighted by atomic mass is 10.0. The average Bonchev–Trinajstić information content (AvgIpc) is 3.02. The molecule has 0 fully saturated rings. The summed E-state index contributed by atoms with van der Waals surface area (Å²) in [5.41, 5.74) is 0. The number of hydrogen-bond acceptors (Lipinski definition) is 5. The molecule has 0 unspecified atom stereocenters. The summed E-state index contributed by atoms with van der Waals surface area (Å²) in [6.07, 6.45) is 37.4. The number of carbonyl (C=O) groups excluding carboxylic acids is 2. The predicted octanol–water partition coefficient (Wildman–Crippen LogP) is 12.2. The minimum Gasteiger partial charge on any atom is -0.462 e. The highest BCUT2D eigenvalue weighted by molar-refractivity contribution is 5.70. The molecule has 268 valence electrons. The Morgan fingerprint density at radius 3 is 1.18 bits per heavy atom. The summed E-state index contributed by atoms with van der Waals surface area (Å²) in [6.45, 7) is 6.52. The summed E-state index contributed by atoms with van der Waals surface area (Å²) in [4.78, 5) is 24.2. The van der Waals surface area contributed by atoms with Gasteiger partial charge in [0.15, 0.2) is 6.10 Å². The summed E-state index contributed by atoms with van der Waals surface area (Å²) >= 11 is 0. The maximum absolute atomic E-state index is 12.1. The molecule has 0 radical (unpaired) electrons. The second-order valence-electron chi connectivity index (χ2n) is 14.2. The van der Waals surface area contributed by atoms with E-state index >= 15 is 0 Å². The fraction of sp³-hybridized carbons (Fsp3) is 0.950. The zero-order valence-corrected chi connectivity index (χ0v) is 30.6. The van der Waals surface area contributed by atoms with Crippen molar-refractivity contribution in [3.63, 3.8) is 0 Å². The van der Waals surface area contributed by atoms with Gasteiger partial charge >= 0.3 is 11.9 Å². The molecule has 0 aromatic heterocycles. The molecule has 0 rings (SSSR count). The fourth-order valence-electron chi connectivity index (χ4n) is 6.03. The van der Waals surface area contributed by atoms with Crippen molar-refractivity contribution in [2.24, 2.45) is 5.92 Å². The van der Waals surface area contributed by atoms with Crippen LogP contribution in [0.3, 0.4) is 0 Å². The number of hydrogen-bond donors (Lipinski definition) is 1. The van der Waals surface area contributed by atoms with Gasteiger partial charge in [-0.1, -0.05) is 194 Å². The lowest BCUT2D eigenvalue weighted by Crippen LogP contribution is -2.28. The van der Waals surface area contributed by atoms with Gasteiger partial charge in [-0.3, -0.25) is 9.59 Å². The van der Waals surface area contributed by atoms with Crippen LogP contribution in [0.5, 0.6) is 0 Å². The molecule has 0 aromatic rings. The van der Waals surface area contributed by atoms with E-state index < -0.39 is 6.10 Å². The van der Waals surface area contributed by atoms with Crippen LogP contribution >= 0.6 is 0 Å². The van der Waals surface area contributed by atoms with Crippen molar-refractivity contribution in [2.75, 3.05) is 13.2 Å². The van der Waals surface area contributed by atoms with Crippen LogP contribution in [0.25, 0.3) is 0 Å². The van der Waals surface area contributed by atoms with Crippen molar-refractivity contribution in [1.29, 1.82) is 0 Å². The fourth-order valence-corrected chi connectivity index (χ4v) is 6.03. The molecule has 0 aliphatic carbocycles. The third kappa shape index (κ3) is 35.6. The molecule has 5 nitrogen and oxygen atoms in total. The van der Waals surface area contributed by atoms with Gasteiger partial charge in [0, 0.05) is 12.8 Å². The lowest BCUT2D eigenvalue weighted by Gasteiger charge is -2.15. The highest BCUT2D eigenvalue weighted by atomic mass is 16.6. The first kappa shape index (κ1) is 43.9. The van der Waals surface area contributed by atoms with Crippen LogP contribution in [0, 0.1) is 5.92 Å². The summed E-state index contributed by atoms with van der Waals surface area (Å²) in [7, 11) is 0.